The Kier molecular flexibility index (Phi) is 3.66. The smallest absolute Gasteiger partial charge is 0.238 e. The van der Waals surface area contributed by atoms with Crippen LogP contribution in [-0.4, -0.2) is 18.2 Å². The summed E-state index contributed by atoms with van der Waals surface area (Å²) in [5.74, 6) is 0.773. The van der Waals surface area contributed by atoms with E-state index in [-0.39, 0.29) is 4.90 Å². The summed E-state index contributed by atoms with van der Waals surface area (Å²) in [6.45, 7) is 0. The number of rotatable bonds is 4. The van der Waals surface area contributed by atoms with Gasteiger partial charge in [-0.25, -0.2) is 18.2 Å². The minimum atomic E-state index is -3.68. The van der Waals surface area contributed by atoms with Crippen LogP contribution in [0.3, 0.4) is 0 Å². The first-order valence-corrected chi connectivity index (χ1v) is 8.08. The largest absolute Gasteiger partial charge is 0.340 e. The molecule has 0 aliphatic heterocycles. The van der Waals surface area contributed by atoms with Crippen LogP contribution in [0.25, 0.3) is 5.69 Å². The normalized spacial score (nSPS) is 11.3. The molecule has 6 nitrogen and oxygen atoms in total. The molecule has 0 bridgehead atoms. The molecule has 1 aromatic heterocycles. The predicted octanol–water partition coefficient (Wildman–Crippen LogP) is 2.26. The van der Waals surface area contributed by atoms with Gasteiger partial charge >= 0.3 is 0 Å². The minimum absolute atomic E-state index is 0.0783. The van der Waals surface area contributed by atoms with E-state index in [1.54, 1.807) is 23.0 Å². The molecule has 112 valence electrons. The van der Waals surface area contributed by atoms with Gasteiger partial charge in [-0.15, -0.1) is 0 Å². The molecular formula is C15H14N4O2S. The van der Waals surface area contributed by atoms with Gasteiger partial charge in [0.1, 0.15) is 5.82 Å². The fourth-order valence-corrected chi connectivity index (χ4v) is 2.56. The molecule has 0 aliphatic rings. The fourth-order valence-electron chi connectivity index (χ4n) is 2.05. The summed E-state index contributed by atoms with van der Waals surface area (Å²) in [5, 5.41) is 12.6. The van der Waals surface area contributed by atoms with E-state index < -0.39 is 10.0 Å². The van der Waals surface area contributed by atoms with Gasteiger partial charge in [0.25, 0.3) is 0 Å². The molecule has 0 radical (unpaired) electrons. The van der Waals surface area contributed by atoms with Crippen molar-refractivity contribution in [2.75, 3.05) is 5.32 Å². The van der Waals surface area contributed by atoms with Crippen LogP contribution in [0.1, 0.15) is 0 Å². The Balaban J connectivity index is 1.87. The van der Waals surface area contributed by atoms with Gasteiger partial charge in [0.15, 0.2) is 0 Å². The average Bonchev–Trinajstić information content (AvgIpc) is 2.96. The summed E-state index contributed by atoms with van der Waals surface area (Å²) in [4.78, 5) is 0.0783. The Bertz CT molecular complexity index is 871. The standard InChI is InChI=1S/C15H14N4O2S/c16-22(20,21)14-8-6-12(7-9-14)18-15-10-11-17-19(15)13-4-2-1-3-5-13/h1-11,18H,(H2,16,20,21). The molecule has 0 spiro atoms. The van der Waals surface area contributed by atoms with Crippen LogP contribution >= 0.6 is 0 Å². The van der Waals surface area contributed by atoms with E-state index in [0.717, 1.165) is 17.2 Å². The molecule has 0 atom stereocenters. The molecule has 3 rings (SSSR count). The maximum Gasteiger partial charge on any atom is 0.238 e. The Labute approximate surface area is 128 Å². The molecule has 22 heavy (non-hydrogen) atoms. The number of aromatic nitrogens is 2. The first-order chi connectivity index (χ1) is 10.5. The molecule has 0 saturated heterocycles. The molecule has 0 fully saturated rings. The zero-order valence-electron chi connectivity index (χ0n) is 11.5. The second-order valence-electron chi connectivity index (χ2n) is 4.66. The van der Waals surface area contributed by atoms with Gasteiger partial charge in [-0.05, 0) is 36.4 Å². The van der Waals surface area contributed by atoms with Gasteiger partial charge in [-0.3, -0.25) is 0 Å². The predicted molar refractivity (Wildman–Crippen MR) is 84.7 cm³/mol. The number of nitrogens with two attached hydrogens (primary N) is 1. The molecule has 3 N–H and O–H groups in total. The van der Waals surface area contributed by atoms with Crippen LogP contribution in [0.2, 0.25) is 0 Å². The topological polar surface area (TPSA) is 90.0 Å². The Hall–Kier alpha value is -2.64. The van der Waals surface area contributed by atoms with Gasteiger partial charge in [0.05, 0.1) is 16.8 Å². The highest BCUT2D eigenvalue weighted by Crippen LogP contribution is 2.20. The van der Waals surface area contributed by atoms with Crippen LogP contribution in [0.15, 0.2) is 71.8 Å². The average molecular weight is 314 g/mol. The van der Waals surface area contributed by atoms with Crippen LogP contribution in [-0.2, 0) is 10.0 Å². The van der Waals surface area contributed by atoms with Crippen molar-refractivity contribution in [3.63, 3.8) is 0 Å². The lowest BCUT2D eigenvalue weighted by Crippen LogP contribution is -2.11. The number of hydrogen-bond donors (Lipinski definition) is 2. The van der Waals surface area contributed by atoms with E-state index in [2.05, 4.69) is 10.4 Å². The Morgan fingerprint density at radius 2 is 1.64 bits per heavy atom. The van der Waals surface area contributed by atoms with E-state index in [9.17, 15) is 8.42 Å². The van der Waals surface area contributed by atoms with Crippen molar-refractivity contribution in [3.8, 4) is 5.69 Å². The monoisotopic (exact) mass is 314 g/mol. The number of benzene rings is 2. The highest BCUT2D eigenvalue weighted by Gasteiger charge is 2.08. The SMILES string of the molecule is NS(=O)(=O)c1ccc(Nc2ccnn2-c2ccccc2)cc1. The third-order valence-electron chi connectivity index (χ3n) is 3.10. The van der Waals surface area contributed by atoms with Gasteiger partial charge in [-0.2, -0.15) is 5.10 Å². The number of nitrogens with zero attached hydrogens (tertiary/aromatic N) is 2. The first kappa shape index (κ1) is 14.3. The van der Waals surface area contributed by atoms with E-state index >= 15 is 0 Å². The lowest BCUT2D eigenvalue weighted by atomic mass is 10.3. The summed E-state index contributed by atoms with van der Waals surface area (Å²) >= 11 is 0. The molecule has 0 aliphatic carbocycles. The highest BCUT2D eigenvalue weighted by atomic mass is 32.2. The number of sulfonamides is 1. The molecule has 0 saturated carbocycles. The second kappa shape index (κ2) is 5.63. The lowest BCUT2D eigenvalue weighted by molar-refractivity contribution is 0.598. The number of para-hydroxylation sites is 1. The molecule has 3 aromatic rings. The molecule has 2 aromatic carbocycles. The van der Waals surface area contributed by atoms with E-state index in [4.69, 9.17) is 5.14 Å². The summed E-state index contributed by atoms with van der Waals surface area (Å²) in [7, 11) is -3.68. The van der Waals surface area contributed by atoms with Gasteiger partial charge < -0.3 is 5.32 Å². The van der Waals surface area contributed by atoms with Crippen LogP contribution in [0, 0.1) is 0 Å². The number of primary sulfonamides is 1. The molecule has 1 heterocycles. The summed E-state index contributed by atoms with van der Waals surface area (Å²) in [5.41, 5.74) is 1.67. The molecule has 0 amide bonds. The van der Waals surface area contributed by atoms with Crippen LogP contribution in [0.5, 0.6) is 0 Å². The van der Waals surface area contributed by atoms with Crippen molar-refractivity contribution in [2.45, 2.75) is 4.90 Å². The quantitative estimate of drug-likeness (QED) is 0.773. The van der Waals surface area contributed by atoms with E-state index in [1.165, 1.54) is 12.1 Å². The number of anilines is 2. The van der Waals surface area contributed by atoms with Crippen molar-refractivity contribution in [3.05, 3.63) is 66.9 Å². The van der Waals surface area contributed by atoms with E-state index in [1.807, 2.05) is 36.4 Å². The fraction of sp³-hybridized carbons (Fsp3) is 0. The van der Waals surface area contributed by atoms with Crippen LogP contribution < -0.4 is 10.5 Å². The van der Waals surface area contributed by atoms with Gasteiger partial charge in [0.2, 0.25) is 10.0 Å². The zero-order chi connectivity index (χ0) is 15.6. The molecule has 7 heteroatoms. The summed E-state index contributed by atoms with van der Waals surface area (Å²) in [6.07, 6.45) is 1.69. The summed E-state index contributed by atoms with van der Waals surface area (Å²) < 4.78 is 24.2. The Morgan fingerprint density at radius 1 is 0.955 bits per heavy atom. The molecule has 0 unspecified atom stereocenters. The molecular weight excluding hydrogens is 300 g/mol. The van der Waals surface area contributed by atoms with Gasteiger partial charge in [-0.1, -0.05) is 18.2 Å². The number of hydrogen-bond acceptors (Lipinski definition) is 4. The lowest BCUT2D eigenvalue weighted by Gasteiger charge is -2.10. The summed E-state index contributed by atoms with van der Waals surface area (Å²) in [6, 6.07) is 17.8. The van der Waals surface area contributed by atoms with Gasteiger partial charge in [0, 0.05) is 11.8 Å². The Morgan fingerprint density at radius 3 is 2.27 bits per heavy atom. The first-order valence-electron chi connectivity index (χ1n) is 6.53. The van der Waals surface area contributed by atoms with Crippen LogP contribution in [0.4, 0.5) is 11.5 Å². The maximum absolute atomic E-state index is 11.2. The third kappa shape index (κ3) is 3.00. The highest BCUT2D eigenvalue weighted by molar-refractivity contribution is 7.89. The van der Waals surface area contributed by atoms with E-state index in [0.29, 0.717) is 0 Å². The van der Waals surface area contributed by atoms with Crippen molar-refractivity contribution in [1.29, 1.82) is 0 Å². The van der Waals surface area contributed by atoms with Crippen molar-refractivity contribution in [1.82, 2.24) is 9.78 Å². The van der Waals surface area contributed by atoms with Crippen molar-refractivity contribution in [2.24, 2.45) is 5.14 Å². The van der Waals surface area contributed by atoms with Crippen molar-refractivity contribution < 1.29 is 8.42 Å². The minimum Gasteiger partial charge on any atom is -0.340 e. The second-order valence-corrected chi connectivity index (χ2v) is 6.22. The number of nitrogens with one attached hydrogen (secondary N) is 1. The third-order valence-corrected chi connectivity index (χ3v) is 4.03. The van der Waals surface area contributed by atoms with Crippen molar-refractivity contribution >= 4 is 21.5 Å². The maximum atomic E-state index is 11.2. The zero-order valence-corrected chi connectivity index (χ0v) is 12.4.